The molecule has 0 aliphatic heterocycles. The topological polar surface area (TPSA) is 75.3 Å². The molecule has 7 heteroatoms. The van der Waals surface area contributed by atoms with Crippen molar-refractivity contribution in [3.63, 3.8) is 0 Å². The van der Waals surface area contributed by atoms with Crippen LogP contribution < -0.4 is 10.6 Å². The molecule has 0 amide bonds. The Balaban J connectivity index is 1.57. The molecule has 1 saturated carbocycles. The second-order valence-corrected chi connectivity index (χ2v) is 6.62. The Hall–Kier alpha value is -1.89. The highest BCUT2D eigenvalue weighted by atomic mass is 79.9. The molecular formula is C16H20BrN5O. The molecule has 0 radical (unpaired) electrons. The van der Waals surface area contributed by atoms with Crippen LogP contribution in [0.4, 0.5) is 0 Å². The number of rotatable bonds is 5. The highest BCUT2D eigenvalue weighted by Gasteiger charge is 2.45. The number of aromatic nitrogens is 2. The predicted octanol–water partition coefficient (Wildman–Crippen LogP) is 2.54. The van der Waals surface area contributed by atoms with Crippen molar-refractivity contribution in [3.05, 3.63) is 46.0 Å². The van der Waals surface area contributed by atoms with E-state index in [2.05, 4.69) is 59.9 Å². The van der Waals surface area contributed by atoms with Gasteiger partial charge in [-0.25, -0.2) is 0 Å². The minimum atomic E-state index is 0.195. The summed E-state index contributed by atoms with van der Waals surface area (Å²) in [4.78, 5) is 8.42. The Morgan fingerprint density at radius 2 is 2.13 bits per heavy atom. The first-order valence-corrected chi connectivity index (χ1v) is 8.41. The van der Waals surface area contributed by atoms with Gasteiger partial charge in [0.25, 0.3) is 0 Å². The Kier molecular flexibility index (Phi) is 4.66. The maximum Gasteiger partial charge on any atom is 0.223 e. The lowest BCUT2D eigenvalue weighted by Gasteiger charge is -2.20. The average Bonchev–Trinajstić information content (AvgIpc) is 3.22. The van der Waals surface area contributed by atoms with Crippen LogP contribution in [0.3, 0.4) is 0 Å². The summed E-state index contributed by atoms with van der Waals surface area (Å²) >= 11 is 3.66. The van der Waals surface area contributed by atoms with E-state index in [9.17, 15) is 0 Å². The summed E-state index contributed by atoms with van der Waals surface area (Å²) < 4.78 is 6.13. The van der Waals surface area contributed by atoms with Crippen LogP contribution >= 0.6 is 15.9 Å². The number of nitrogens with one attached hydrogen (secondary N) is 2. The first-order valence-electron chi connectivity index (χ1n) is 7.62. The summed E-state index contributed by atoms with van der Waals surface area (Å²) in [5, 5.41) is 10.5. The first kappa shape index (κ1) is 16.0. The van der Waals surface area contributed by atoms with E-state index in [-0.39, 0.29) is 5.41 Å². The van der Waals surface area contributed by atoms with Crippen molar-refractivity contribution in [2.45, 2.75) is 31.7 Å². The monoisotopic (exact) mass is 377 g/mol. The average molecular weight is 378 g/mol. The molecule has 2 aromatic rings. The quantitative estimate of drug-likeness (QED) is 0.618. The second kappa shape index (κ2) is 6.70. The van der Waals surface area contributed by atoms with Crippen LogP contribution in [0, 0.1) is 6.92 Å². The third kappa shape index (κ3) is 3.72. The van der Waals surface area contributed by atoms with Gasteiger partial charge >= 0.3 is 0 Å². The van der Waals surface area contributed by atoms with Gasteiger partial charge in [-0.15, -0.1) is 0 Å². The van der Waals surface area contributed by atoms with Crippen molar-refractivity contribution >= 4 is 21.9 Å². The summed E-state index contributed by atoms with van der Waals surface area (Å²) in [7, 11) is 1.76. The minimum absolute atomic E-state index is 0.195. The molecule has 1 aliphatic rings. The Labute approximate surface area is 143 Å². The fraction of sp³-hybridized carbons (Fsp3) is 0.438. The largest absolute Gasteiger partial charge is 0.356 e. The van der Waals surface area contributed by atoms with Gasteiger partial charge in [0.05, 0.1) is 6.54 Å². The van der Waals surface area contributed by atoms with Crippen LogP contribution in [0.15, 0.2) is 38.3 Å². The molecule has 0 spiro atoms. The van der Waals surface area contributed by atoms with Crippen LogP contribution in [0.5, 0.6) is 0 Å². The summed E-state index contributed by atoms with van der Waals surface area (Å²) in [5.41, 5.74) is 1.55. The molecule has 1 heterocycles. The molecule has 2 N–H and O–H groups in total. The molecule has 1 fully saturated rings. The molecule has 0 bridgehead atoms. The van der Waals surface area contributed by atoms with Crippen LogP contribution in [0.25, 0.3) is 0 Å². The van der Waals surface area contributed by atoms with Gasteiger partial charge in [0.1, 0.15) is 0 Å². The molecule has 1 aromatic carbocycles. The van der Waals surface area contributed by atoms with Crippen molar-refractivity contribution in [1.82, 2.24) is 20.8 Å². The molecule has 6 nitrogen and oxygen atoms in total. The van der Waals surface area contributed by atoms with E-state index < -0.39 is 0 Å². The summed E-state index contributed by atoms with van der Waals surface area (Å²) in [5.74, 6) is 1.93. The number of guanidine groups is 1. The van der Waals surface area contributed by atoms with E-state index >= 15 is 0 Å². The molecule has 0 atom stereocenters. The number of halogens is 1. The molecule has 3 rings (SSSR count). The van der Waals surface area contributed by atoms with Crippen molar-refractivity contribution in [2.75, 3.05) is 13.6 Å². The molecule has 0 unspecified atom stereocenters. The Bertz CT molecular complexity index is 708. The van der Waals surface area contributed by atoms with E-state index in [0.717, 1.165) is 12.5 Å². The number of hydrogen-bond acceptors (Lipinski definition) is 4. The third-order valence-corrected chi connectivity index (χ3v) is 4.79. The lowest BCUT2D eigenvalue weighted by atomic mass is 9.96. The number of benzene rings is 1. The maximum atomic E-state index is 4.96. The zero-order valence-electron chi connectivity index (χ0n) is 13.3. The van der Waals surface area contributed by atoms with Crippen molar-refractivity contribution in [2.24, 2.45) is 4.99 Å². The number of nitrogens with zero attached hydrogens (tertiary/aromatic N) is 3. The zero-order valence-corrected chi connectivity index (χ0v) is 14.9. The van der Waals surface area contributed by atoms with Gasteiger partial charge in [-0.2, -0.15) is 4.98 Å². The van der Waals surface area contributed by atoms with E-state index in [1.54, 1.807) is 14.0 Å². The lowest BCUT2D eigenvalue weighted by molar-refractivity contribution is 0.386. The normalized spacial score (nSPS) is 16.2. The van der Waals surface area contributed by atoms with Gasteiger partial charge in [0, 0.05) is 30.4 Å². The van der Waals surface area contributed by atoms with Crippen LogP contribution in [-0.4, -0.2) is 29.7 Å². The molecule has 23 heavy (non-hydrogen) atoms. The highest BCUT2D eigenvalue weighted by Crippen LogP contribution is 2.49. The van der Waals surface area contributed by atoms with E-state index in [0.29, 0.717) is 18.3 Å². The van der Waals surface area contributed by atoms with Crippen LogP contribution in [0.1, 0.15) is 30.1 Å². The van der Waals surface area contributed by atoms with Gasteiger partial charge in [0.2, 0.25) is 5.89 Å². The molecule has 0 saturated heterocycles. The van der Waals surface area contributed by atoms with Crippen LogP contribution in [0.2, 0.25) is 0 Å². The minimum Gasteiger partial charge on any atom is -0.356 e. The van der Waals surface area contributed by atoms with Gasteiger partial charge < -0.3 is 15.2 Å². The van der Waals surface area contributed by atoms with Gasteiger partial charge in [-0.3, -0.25) is 4.99 Å². The summed E-state index contributed by atoms with van der Waals surface area (Å²) in [6.45, 7) is 3.11. The van der Waals surface area contributed by atoms with Crippen LogP contribution in [-0.2, 0) is 12.0 Å². The fourth-order valence-corrected chi connectivity index (χ4v) is 3.34. The van der Waals surface area contributed by atoms with Gasteiger partial charge in [-0.1, -0.05) is 39.3 Å². The van der Waals surface area contributed by atoms with Crippen molar-refractivity contribution in [1.29, 1.82) is 0 Å². The Morgan fingerprint density at radius 1 is 1.35 bits per heavy atom. The van der Waals surface area contributed by atoms with E-state index in [4.69, 9.17) is 4.52 Å². The smallest absolute Gasteiger partial charge is 0.223 e. The molecule has 122 valence electrons. The molecular weight excluding hydrogens is 358 g/mol. The first-order chi connectivity index (χ1) is 11.1. The SMILES string of the molecule is CN=C(NCc1noc(C)n1)NCC1(c2ccccc2Br)CC1. The maximum absolute atomic E-state index is 4.96. The van der Waals surface area contributed by atoms with E-state index in [1.807, 2.05) is 6.07 Å². The molecule has 1 aromatic heterocycles. The zero-order chi connectivity index (χ0) is 16.3. The number of aryl methyl sites for hydroxylation is 1. The second-order valence-electron chi connectivity index (χ2n) is 5.77. The molecule has 1 aliphatic carbocycles. The van der Waals surface area contributed by atoms with Gasteiger partial charge in [0.15, 0.2) is 11.8 Å². The third-order valence-electron chi connectivity index (χ3n) is 4.10. The van der Waals surface area contributed by atoms with Crippen molar-refractivity contribution in [3.8, 4) is 0 Å². The highest BCUT2D eigenvalue weighted by molar-refractivity contribution is 9.10. The standard InChI is InChI=1S/C16H20BrN5O/c1-11-21-14(22-23-11)9-19-15(18-2)20-10-16(7-8-16)12-5-3-4-6-13(12)17/h3-6H,7-10H2,1-2H3,(H2,18,19,20). The summed E-state index contributed by atoms with van der Waals surface area (Å²) in [6, 6.07) is 8.42. The van der Waals surface area contributed by atoms with Gasteiger partial charge in [-0.05, 0) is 24.5 Å². The number of aliphatic imine (C=N–C) groups is 1. The van der Waals surface area contributed by atoms with Crippen molar-refractivity contribution < 1.29 is 4.52 Å². The predicted molar refractivity (Wildman–Crippen MR) is 92.3 cm³/mol. The lowest BCUT2D eigenvalue weighted by Crippen LogP contribution is -2.41. The number of hydrogen-bond donors (Lipinski definition) is 2. The fourth-order valence-electron chi connectivity index (χ4n) is 2.63. The van der Waals surface area contributed by atoms with E-state index in [1.165, 1.54) is 22.9 Å². The summed E-state index contributed by atoms with van der Waals surface area (Å²) in [6.07, 6.45) is 2.37. The Morgan fingerprint density at radius 3 is 2.74 bits per heavy atom.